The van der Waals surface area contributed by atoms with Gasteiger partial charge in [-0.15, -0.1) is 0 Å². The van der Waals surface area contributed by atoms with Crippen LogP contribution in [0.15, 0.2) is 42.5 Å². The van der Waals surface area contributed by atoms with Crippen LogP contribution in [0.1, 0.15) is 38.5 Å². The lowest BCUT2D eigenvalue weighted by molar-refractivity contribution is 0.760. The predicted octanol–water partition coefficient (Wildman–Crippen LogP) is 4.37. The third kappa shape index (κ3) is 6.47. The van der Waals surface area contributed by atoms with Crippen molar-refractivity contribution >= 4 is 0 Å². The first-order chi connectivity index (χ1) is 7.00. The Morgan fingerprint density at radius 1 is 0.786 bits per heavy atom. The first-order valence-electron chi connectivity index (χ1n) is 5.52. The Hall–Kier alpha value is -1.04. The van der Waals surface area contributed by atoms with E-state index in [0.717, 1.165) is 12.8 Å². The lowest BCUT2D eigenvalue weighted by atomic mass is 10.1. The lowest BCUT2D eigenvalue weighted by Crippen LogP contribution is -1.73. The minimum atomic E-state index is 0.945. The van der Waals surface area contributed by atoms with Gasteiger partial charge in [-0.25, -0.2) is 0 Å². The molecule has 75 valence electrons. The predicted molar refractivity (Wildman–Crippen MR) is 62.9 cm³/mol. The highest BCUT2D eigenvalue weighted by Crippen LogP contribution is 2.03. The Labute approximate surface area is 87.7 Å². The molecule has 1 aliphatic rings. The van der Waals surface area contributed by atoms with Gasteiger partial charge in [0.1, 0.15) is 0 Å². The van der Waals surface area contributed by atoms with Crippen LogP contribution in [0.4, 0.5) is 0 Å². The second-order valence-corrected chi connectivity index (χ2v) is 3.47. The van der Waals surface area contributed by atoms with Gasteiger partial charge in [0.2, 0.25) is 0 Å². The second-order valence-electron chi connectivity index (χ2n) is 3.47. The standard InChI is InChI=1S/C14H19/c1-2-4-6-8-10-12-14-13-11-9-7-5-3-1/h1-3,6,8-9,11H,4,7,10,12-14H2. The Balaban J connectivity index is 2.35. The van der Waals surface area contributed by atoms with E-state index >= 15 is 0 Å². The van der Waals surface area contributed by atoms with E-state index in [1.807, 2.05) is 6.08 Å². The molecule has 0 fully saturated rings. The van der Waals surface area contributed by atoms with Gasteiger partial charge < -0.3 is 0 Å². The van der Waals surface area contributed by atoms with Crippen LogP contribution >= 0.6 is 0 Å². The fraction of sp³-hybridized carbons (Fsp3) is 0.429. The molecule has 1 aliphatic carbocycles. The van der Waals surface area contributed by atoms with Gasteiger partial charge >= 0.3 is 0 Å². The highest BCUT2D eigenvalue weighted by atomic mass is 13.9. The smallest absolute Gasteiger partial charge is 0.00946 e. The van der Waals surface area contributed by atoms with E-state index in [4.69, 9.17) is 0 Å². The third-order valence-electron chi connectivity index (χ3n) is 2.18. The van der Waals surface area contributed by atoms with Crippen LogP contribution in [-0.4, -0.2) is 0 Å². The number of allylic oxidation sites excluding steroid dienone is 8. The summed E-state index contributed by atoms with van der Waals surface area (Å²) in [6.07, 6.45) is 25.5. The molecule has 0 heterocycles. The van der Waals surface area contributed by atoms with Gasteiger partial charge in [-0.3, -0.25) is 0 Å². The summed E-state index contributed by atoms with van der Waals surface area (Å²) in [5.74, 6) is 0. The minimum Gasteiger partial charge on any atom is -0.0882 e. The van der Waals surface area contributed by atoms with Crippen LogP contribution < -0.4 is 0 Å². The molecular weight excluding hydrogens is 168 g/mol. The van der Waals surface area contributed by atoms with Crippen molar-refractivity contribution in [2.75, 3.05) is 0 Å². The molecule has 0 aromatic heterocycles. The number of rotatable bonds is 0. The number of hydrogen-bond acceptors (Lipinski definition) is 0. The van der Waals surface area contributed by atoms with Crippen molar-refractivity contribution < 1.29 is 0 Å². The van der Waals surface area contributed by atoms with Crippen molar-refractivity contribution in [3.05, 3.63) is 48.6 Å². The normalized spacial score (nSPS) is 19.4. The van der Waals surface area contributed by atoms with Crippen LogP contribution in [0.5, 0.6) is 0 Å². The molecule has 0 spiro atoms. The van der Waals surface area contributed by atoms with E-state index < -0.39 is 0 Å². The highest BCUT2D eigenvalue weighted by molar-refractivity contribution is 5.03. The molecule has 0 saturated heterocycles. The molecule has 0 aromatic rings. The van der Waals surface area contributed by atoms with E-state index in [2.05, 4.69) is 42.5 Å². The van der Waals surface area contributed by atoms with Gasteiger partial charge in [-0.1, -0.05) is 42.5 Å². The van der Waals surface area contributed by atoms with Crippen LogP contribution in [0.2, 0.25) is 0 Å². The van der Waals surface area contributed by atoms with E-state index in [1.54, 1.807) is 0 Å². The van der Waals surface area contributed by atoms with Crippen LogP contribution in [0.3, 0.4) is 0 Å². The van der Waals surface area contributed by atoms with Crippen LogP contribution in [0, 0.1) is 6.08 Å². The molecule has 0 N–H and O–H groups in total. The Kier molecular flexibility index (Phi) is 6.74. The molecule has 1 rings (SSSR count). The molecule has 0 amide bonds. The maximum absolute atomic E-state index is 3.22. The molecule has 0 nitrogen and oxygen atoms in total. The van der Waals surface area contributed by atoms with Gasteiger partial charge in [0.25, 0.3) is 0 Å². The molecule has 0 bridgehead atoms. The summed E-state index contributed by atoms with van der Waals surface area (Å²) < 4.78 is 0. The molecule has 0 unspecified atom stereocenters. The highest BCUT2D eigenvalue weighted by Gasteiger charge is 1.83. The third-order valence-corrected chi connectivity index (χ3v) is 2.18. The van der Waals surface area contributed by atoms with Gasteiger partial charge in [-0.05, 0) is 44.6 Å². The van der Waals surface area contributed by atoms with Crippen molar-refractivity contribution in [3.63, 3.8) is 0 Å². The first kappa shape index (κ1) is 11.0. The summed E-state index contributed by atoms with van der Waals surface area (Å²) >= 11 is 0. The largest absolute Gasteiger partial charge is 0.0882 e. The zero-order valence-corrected chi connectivity index (χ0v) is 8.78. The summed E-state index contributed by atoms with van der Waals surface area (Å²) in [6, 6.07) is 0. The van der Waals surface area contributed by atoms with E-state index in [9.17, 15) is 0 Å². The van der Waals surface area contributed by atoms with Gasteiger partial charge in [0.05, 0.1) is 0 Å². The minimum absolute atomic E-state index is 0.945. The molecule has 14 heavy (non-hydrogen) atoms. The topological polar surface area (TPSA) is 0 Å². The van der Waals surface area contributed by atoms with Crippen molar-refractivity contribution in [1.82, 2.24) is 0 Å². The van der Waals surface area contributed by atoms with Crippen LogP contribution in [-0.2, 0) is 0 Å². The molecule has 0 atom stereocenters. The monoisotopic (exact) mass is 187 g/mol. The van der Waals surface area contributed by atoms with Gasteiger partial charge in [0, 0.05) is 0 Å². The van der Waals surface area contributed by atoms with Crippen molar-refractivity contribution in [2.24, 2.45) is 0 Å². The second kappa shape index (κ2) is 8.55. The maximum atomic E-state index is 3.22. The fourth-order valence-corrected chi connectivity index (χ4v) is 1.37. The van der Waals surface area contributed by atoms with Gasteiger partial charge in [-0.2, -0.15) is 0 Å². The zero-order valence-electron chi connectivity index (χ0n) is 8.78. The molecule has 0 aliphatic heterocycles. The van der Waals surface area contributed by atoms with E-state index in [0.29, 0.717) is 0 Å². The molecule has 0 aromatic carbocycles. The van der Waals surface area contributed by atoms with Crippen LogP contribution in [0.25, 0.3) is 0 Å². The zero-order chi connectivity index (χ0) is 9.90. The Morgan fingerprint density at radius 3 is 2.43 bits per heavy atom. The lowest BCUT2D eigenvalue weighted by Gasteiger charge is -1.93. The van der Waals surface area contributed by atoms with Crippen molar-refractivity contribution in [2.45, 2.75) is 38.5 Å². The first-order valence-corrected chi connectivity index (χ1v) is 5.52. The molecular formula is C14H19. The summed E-state index contributed by atoms with van der Waals surface area (Å²) in [6.45, 7) is 0. The average Bonchev–Trinajstić information content (AvgIpc) is 2.22. The summed E-state index contributed by atoms with van der Waals surface area (Å²) in [7, 11) is 0. The van der Waals surface area contributed by atoms with E-state index in [-0.39, 0.29) is 0 Å². The summed E-state index contributed by atoms with van der Waals surface area (Å²) in [4.78, 5) is 0. The van der Waals surface area contributed by atoms with Crippen molar-refractivity contribution in [3.8, 4) is 0 Å². The van der Waals surface area contributed by atoms with Crippen molar-refractivity contribution in [1.29, 1.82) is 0 Å². The molecule has 0 heteroatoms. The number of hydrogen-bond donors (Lipinski definition) is 0. The molecule has 0 saturated carbocycles. The molecule has 1 radical (unpaired) electrons. The maximum Gasteiger partial charge on any atom is -0.00946 e. The Bertz CT molecular complexity index is 202. The average molecular weight is 187 g/mol. The van der Waals surface area contributed by atoms with Gasteiger partial charge in [0.15, 0.2) is 0 Å². The summed E-state index contributed by atoms with van der Waals surface area (Å²) in [5, 5.41) is 0. The SMILES string of the molecule is [C]1=CC=CCC=CCCCCC=CC1. The quantitative estimate of drug-likeness (QED) is 0.494. The fourth-order valence-electron chi connectivity index (χ4n) is 1.37. The Morgan fingerprint density at radius 2 is 1.57 bits per heavy atom. The summed E-state index contributed by atoms with van der Waals surface area (Å²) in [5.41, 5.74) is 0. The van der Waals surface area contributed by atoms with E-state index in [1.165, 1.54) is 25.7 Å².